The summed E-state index contributed by atoms with van der Waals surface area (Å²) in [6.45, 7) is 0. The maximum Gasteiger partial charge on any atom is 0.326 e. The van der Waals surface area contributed by atoms with Crippen LogP contribution in [0.25, 0.3) is 11.1 Å². The average molecular weight is 381 g/mol. The standard InChI is InChI=1S/C21H17ClN2O3/c1-27-19-13-17(11-12-18(19)14-7-9-16(22)10-8-14)23-21(26)24-20(25)15-5-3-2-4-6-15/h2-13H,1H3,(H2,23,24,25,26). The number of halogens is 1. The molecule has 0 saturated carbocycles. The fourth-order valence-electron chi connectivity index (χ4n) is 2.56. The minimum atomic E-state index is -0.620. The van der Waals surface area contributed by atoms with E-state index in [-0.39, 0.29) is 0 Å². The smallest absolute Gasteiger partial charge is 0.326 e. The van der Waals surface area contributed by atoms with Gasteiger partial charge >= 0.3 is 6.03 Å². The molecule has 0 fully saturated rings. The van der Waals surface area contributed by atoms with E-state index in [9.17, 15) is 9.59 Å². The summed E-state index contributed by atoms with van der Waals surface area (Å²) >= 11 is 5.93. The fraction of sp³-hybridized carbons (Fsp3) is 0.0476. The normalized spacial score (nSPS) is 10.1. The molecule has 0 saturated heterocycles. The van der Waals surface area contributed by atoms with E-state index in [2.05, 4.69) is 10.6 Å². The second-order valence-corrected chi connectivity index (χ2v) is 6.13. The van der Waals surface area contributed by atoms with E-state index in [1.54, 1.807) is 61.7 Å². The van der Waals surface area contributed by atoms with Crippen LogP contribution in [0.4, 0.5) is 10.5 Å². The lowest BCUT2D eigenvalue weighted by molar-refractivity contribution is 0.0967. The van der Waals surface area contributed by atoms with Crippen molar-refractivity contribution >= 4 is 29.2 Å². The highest BCUT2D eigenvalue weighted by atomic mass is 35.5. The molecule has 0 bridgehead atoms. The summed E-state index contributed by atoms with van der Waals surface area (Å²) < 4.78 is 5.43. The molecule has 0 unspecified atom stereocenters. The highest BCUT2D eigenvalue weighted by Crippen LogP contribution is 2.33. The van der Waals surface area contributed by atoms with Gasteiger partial charge in [0.1, 0.15) is 5.75 Å². The van der Waals surface area contributed by atoms with Gasteiger partial charge in [0.2, 0.25) is 0 Å². The zero-order chi connectivity index (χ0) is 19.2. The van der Waals surface area contributed by atoms with Crippen molar-refractivity contribution in [2.45, 2.75) is 0 Å². The molecule has 3 aromatic rings. The molecular formula is C21H17ClN2O3. The Morgan fingerprint density at radius 1 is 0.926 bits per heavy atom. The van der Waals surface area contributed by atoms with Gasteiger partial charge in [-0.2, -0.15) is 0 Å². The summed E-state index contributed by atoms with van der Waals surface area (Å²) in [6, 6.07) is 20.5. The first-order valence-corrected chi connectivity index (χ1v) is 8.56. The van der Waals surface area contributed by atoms with Crippen LogP contribution in [0.15, 0.2) is 72.8 Å². The Balaban J connectivity index is 1.73. The predicted molar refractivity (Wildman–Crippen MR) is 106 cm³/mol. The van der Waals surface area contributed by atoms with Crippen LogP contribution in [-0.4, -0.2) is 19.0 Å². The van der Waals surface area contributed by atoms with Gasteiger partial charge < -0.3 is 10.1 Å². The molecule has 0 radical (unpaired) electrons. The SMILES string of the molecule is COc1cc(NC(=O)NC(=O)c2ccccc2)ccc1-c1ccc(Cl)cc1. The molecule has 3 aromatic carbocycles. The zero-order valence-electron chi connectivity index (χ0n) is 14.5. The first kappa shape index (κ1) is 18.5. The molecule has 27 heavy (non-hydrogen) atoms. The third-order valence-corrected chi connectivity index (χ3v) is 4.13. The average Bonchev–Trinajstić information content (AvgIpc) is 2.69. The van der Waals surface area contributed by atoms with Gasteiger partial charge in [0.05, 0.1) is 7.11 Å². The number of anilines is 1. The number of carbonyl (C=O) groups excluding carboxylic acids is 2. The number of methoxy groups -OCH3 is 1. The number of benzene rings is 3. The van der Waals surface area contributed by atoms with Gasteiger partial charge in [-0.25, -0.2) is 4.79 Å². The van der Waals surface area contributed by atoms with Crippen molar-refractivity contribution in [3.63, 3.8) is 0 Å². The Morgan fingerprint density at radius 2 is 1.63 bits per heavy atom. The first-order valence-electron chi connectivity index (χ1n) is 8.18. The van der Waals surface area contributed by atoms with Gasteiger partial charge in [0.15, 0.2) is 0 Å². The monoisotopic (exact) mass is 380 g/mol. The number of urea groups is 1. The van der Waals surface area contributed by atoms with E-state index in [0.29, 0.717) is 22.0 Å². The van der Waals surface area contributed by atoms with Crippen LogP contribution < -0.4 is 15.4 Å². The van der Waals surface area contributed by atoms with Crippen LogP contribution in [0.1, 0.15) is 10.4 Å². The molecule has 3 amide bonds. The van der Waals surface area contributed by atoms with E-state index in [1.165, 1.54) is 0 Å². The fourth-order valence-corrected chi connectivity index (χ4v) is 2.69. The van der Waals surface area contributed by atoms with Gasteiger partial charge in [-0.1, -0.05) is 41.9 Å². The molecule has 6 heteroatoms. The lowest BCUT2D eigenvalue weighted by Crippen LogP contribution is -2.34. The Labute approximate surface area is 161 Å². The molecule has 0 atom stereocenters. The van der Waals surface area contributed by atoms with Gasteiger partial charge in [-0.05, 0) is 42.0 Å². The van der Waals surface area contributed by atoms with Gasteiger partial charge in [-0.15, -0.1) is 0 Å². The number of rotatable bonds is 4. The molecular weight excluding hydrogens is 364 g/mol. The Hall–Kier alpha value is -3.31. The number of ether oxygens (including phenoxy) is 1. The van der Waals surface area contributed by atoms with E-state index in [0.717, 1.165) is 11.1 Å². The molecule has 0 aliphatic heterocycles. The van der Waals surface area contributed by atoms with Crippen molar-refractivity contribution in [2.75, 3.05) is 12.4 Å². The Morgan fingerprint density at radius 3 is 2.30 bits per heavy atom. The highest BCUT2D eigenvalue weighted by Gasteiger charge is 2.12. The van der Waals surface area contributed by atoms with Gasteiger partial charge in [-0.3, -0.25) is 10.1 Å². The molecule has 5 nitrogen and oxygen atoms in total. The zero-order valence-corrected chi connectivity index (χ0v) is 15.3. The molecule has 0 aliphatic rings. The quantitative estimate of drug-likeness (QED) is 0.671. The number of hydrogen-bond donors (Lipinski definition) is 2. The molecule has 0 aromatic heterocycles. The van der Waals surface area contributed by atoms with Crippen molar-refractivity contribution in [1.82, 2.24) is 5.32 Å². The van der Waals surface area contributed by atoms with Crippen molar-refractivity contribution in [1.29, 1.82) is 0 Å². The van der Waals surface area contributed by atoms with Crippen molar-refractivity contribution < 1.29 is 14.3 Å². The molecule has 0 aliphatic carbocycles. The van der Waals surface area contributed by atoms with Crippen LogP contribution >= 0.6 is 11.6 Å². The topological polar surface area (TPSA) is 67.4 Å². The second-order valence-electron chi connectivity index (χ2n) is 5.70. The molecule has 136 valence electrons. The first-order chi connectivity index (χ1) is 13.1. The van der Waals surface area contributed by atoms with Crippen LogP contribution in [0, 0.1) is 0 Å². The Kier molecular flexibility index (Phi) is 5.74. The van der Waals surface area contributed by atoms with Crippen LogP contribution in [0.5, 0.6) is 5.75 Å². The largest absolute Gasteiger partial charge is 0.496 e. The number of imide groups is 1. The van der Waals surface area contributed by atoms with Crippen LogP contribution in [-0.2, 0) is 0 Å². The number of nitrogens with one attached hydrogen (secondary N) is 2. The maximum absolute atomic E-state index is 12.1. The van der Waals surface area contributed by atoms with Crippen molar-refractivity contribution in [3.05, 3.63) is 83.4 Å². The van der Waals surface area contributed by atoms with Gasteiger partial charge in [0, 0.05) is 27.9 Å². The third kappa shape index (κ3) is 4.65. The van der Waals surface area contributed by atoms with E-state index in [4.69, 9.17) is 16.3 Å². The summed E-state index contributed by atoms with van der Waals surface area (Å²) in [4.78, 5) is 24.1. The summed E-state index contributed by atoms with van der Waals surface area (Å²) in [7, 11) is 1.55. The summed E-state index contributed by atoms with van der Waals surface area (Å²) in [5, 5.41) is 5.57. The van der Waals surface area contributed by atoms with Crippen molar-refractivity contribution in [3.8, 4) is 16.9 Å². The van der Waals surface area contributed by atoms with E-state index in [1.807, 2.05) is 18.2 Å². The van der Waals surface area contributed by atoms with Crippen molar-refractivity contribution in [2.24, 2.45) is 0 Å². The summed E-state index contributed by atoms with van der Waals surface area (Å²) in [5.41, 5.74) is 2.71. The minimum Gasteiger partial charge on any atom is -0.496 e. The maximum atomic E-state index is 12.1. The molecule has 0 heterocycles. The highest BCUT2D eigenvalue weighted by molar-refractivity contribution is 6.30. The predicted octanol–water partition coefficient (Wildman–Crippen LogP) is 4.98. The third-order valence-electron chi connectivity index (χ3n) is 3.88. The lowest BCUT2D eigenvalue weighted by Gasteiger charge is -2.12. The van der Waals surface area contributed by atoms with Crippen LogP contribution in [0.3, 0.4) is 0 Å². The number of hydrogen-bond acceptors (Lipinski definition) is 3. The van der Waals surface area contributed by atoms with Gasteiger partial charge in [0.25, 0.3) is 5.91 Å². The van der Waals surface area contributed by atoms with E-state index < -0.39 is 11.9 Å². The summed E-state index contributed by atoms with van der Waals surface area (Å²) in [5.74, 6) is 0.113. The Bertz CT molecular complexity index is 957. The lowest BCUT2D eigenvalue weighted by atomic mass is 10.0. The molecule has 0 spiro atoms. The minimum absolute atomic E-state index is 0.406. The van der Waals surface area contributed by atoms with E-state index >= 15 is 0 Å². The second kappa shape index (κ2) is 8.38. The molecule has 2 N–H and O–H groups in total. The van der Waals surface area contributed by atoms with Crippen LogP contribution in [0.2, 0.25) is 5.02 Å². The summed E-state index contributed by atoms with van der Waals surface area (Å²) in [6.07, 6.45) is 0. The molecule has 3 rings (SSSR count). The number of carbonyl (C=O) groups is 2. The number of amides is 3.